The van der Waals surface area contributed by atoms with Crippen LogP contribution >= 0.6 is 11.8 Å². The summed E-state index contributed by atoms with van der Waals surface area (Å²) in [5.41, 5.74) is 0. The van der Waals surface area contributed by atoms with Crippen LogP contribution in [-0.2, 0) is 19.1 Å². The Morgan fingerprint density at radius 1 is 1.36 bits per heavy atom. The third-order valence-electron chi connectivity index (χ3n) is 7.35. The molecule has 0 saturated carbocycles. The van der Waals surface area contributed by atoms with Gasteiger partial charge >= 0.3 is 5.97 Å². The van der Waals surface area contributed by atoms with Crippen molar-refractivity contribution in [1.29, 1.82) is 0 Å². The highest BCUT2D eigenvalue weighted by Gasteiger charge is 2.74. The van der Waals surface area contributed by atoms with E-state index in [9.17, 15) is 19.5 Å². The number of fused-ring (bicyclic) bond motifs is 1. The first-order valence-electron chi connectivity index (χ1n) is 12.1. The van der Waals surface area contributed by atoms with Crippen molar-refractivity contribution in [1.82, 2.24) is 9.80 Å². The van der Waals surface area contributed by atoms with Crippen molar-refractivity contribution in [3.8, 4) is 0 Å². The average Bonchev–Trinajstić information content (AvgIpc) is 3.43. The lowest BCUT2D eigenvalue weighted by Crippen LogP contribution is -2.58. The second-order valence-corrected chi connectivity index (χ2v) is 11.1. The number of unbranched alkanes of at least 4 members (excludes halogenated alkanes) is 1. The van der Waals surface area contributed by atoms with Gasteiger partial charge in [0.05, 0.1) is 35.8 Å². The lowest BCUT2D eigenvalue weighted by molar-refractivity contribution is -0.154. The van der Waals surface area contributed by atoms with Crippen LogP contribution in [0.15, 0.2) is 25.3 Å². The van der Waals surface area contributed by atoms with E-state index in [0.29, 0.717) is 32.4 Å². The Bertz CT molecular complexity index is 783. The molecule has 3 fully saturated rings. The smallest absolute Gasteiger partial charge is 0.310 e. The number of likely N-dealkylation sites (tertiary alicyclic amines) is 1. The highest BCUT2D eigenvalue weighted by molar-refractivity contribution is 8.02. The summed E-state index contributed by atoms with van der Waals surface area (Å²) in [6.07, 6.45) is 6.95. The zero-order valence-electron chi connectivity index (χ0n) is 20.1. The maximum atomic E-state index is 14.0. The molecule has 3 rings (SSSR count). The molecule has 6 atom stereocenters. The van der Waals surface area contributed by atoms with Gasteiger partial charge in [0.15, 0.2) is 0 Å². The number of thioether (sulfide) groups is 1. The summed E-state index contributed by atoms with van der Waals surface area (Å²) in [5.74, 6) is -1.81. The Morgan fingerprint density at radius 3 is 2.67 bits per heavy atom. The van der Waals surface area contributed by atoms with Crippen molar-refractivity contribution in [2.45, 2.75) is 81.0 Å². The predicted octanol–water partition coefficient (Wildman–Crippen LogP) is 2.78. The quantitative estimate of drug-likeness (QED) is 0.264. The number of esters is 1. The van der Waals surface area contributed by atoms with E-state index < -0.39 is 28.7 Å². The number of aliphatic hydroxyl groups excluding tert-OH is 1. The van der Waals surface area contributed by atoms with Crippen LogP contribution in [0.25, 0.3) is 0 Å². The molecule has 2 bridgehead atoms. The van der Waals surface area contributed by atoms with Gasteiger partial charge in [-0.3, -0.25) is 14.4 Å². The topological polar surface area (TPSA) is 87.1 Å². The third kappa shape index (κ3) is 4.36. The molecule has 33 heavy (non-hydrogen) atoms. The van der Waals surface area contributed by atoms with Crippen LogP contribution in [0.5, 0.6) is 0 Å². The van der Waals surface area contributed by atoms with E-state index in [1.807, 2.05) is 20.8 Å². The number of carbonyl (C=O) groups is 3. The van der Waals surface area contributed by atoms with E-state index in [4.69, 9.17) is 4.74 Å². The number of hydrogen-bond acceptors (Lipinski definition) is 6. The van der Waals surface area contributed by atoms with Gasteiger partial charge in [0, 0.05) is 17.8 Å². The van der Waals surface area contributed by atoms with Crippen LogP contribution < -0.4 is 0 Å². The van der Waals surface area contributed by atoms with Gasteiger partial charge in [-0.1, -0.05) is 19.1 Å². The number of amides is 2. The highest BCUT2D eigenvalue weighted by atomic mass is 32.2. The van der Waals surface area contributed by atoms with Crippen molar-refractivity contribution < 1.29 is 24.2 Å². The maximum absolute atomic E-state index is 14.0. The molecule has 3 aliphatic heterocycles. The Hall–Kier alpha value is -1.80. The van der Waals surface area contributed by atoms with Crippen LogP contribution in [0.4, 0.5) is 0 Å². The van der Waals surface area contributed by atoms with E-state index in [2.05, 4.69) is 13.2 Å². The van der Waals surface area contributed by atoms with E-state index in [1.54, 1.807) is 33.7 Å². The van der Waals surface area contributed by atoms with Crippen LogP contribution in [-0.4, -0.2) is 80.6 Å². The molecule has 1 spiro atoms. The number of ether oxygens (including phenoxy) is 1. The average molecular weight is 479 g/mol. The van der Waals surface area contributed by atoms with Crippen molar-refractivity contribution in [3.63, 3.8) is 0 Å². The maximum Gasteiger partial charge on any atom is 0.310 e. The fourth-order valence-electron chi connectivity index (χ4n) is 5.79. The first-order valence-corrected chi connectivity index (χ1v) is 13.0. The van der Waals surface area contributed by atoms with Crippen molar-refractivity contribution in [2.24, 2.45) is 11.8 Å². The zero-order valence-corrected chi connectivity index (χ0v) is 20.9. The van der Waals surface area contributed by atoms with Gasteiger partial charge in [0.25, 0.3) is 0 Å². The van der Waals surface area contributed by atoms with Gasteiger partial charge in [-0.25, -0.2) is 0 Å². The summed E-state index contributed by atoms with van der Waals surface area (Å²) in [6.45, 7) is 13.7. The molecule has 7 nitrogen and oxygen atoms in total. The van der Waals surface area contributed by atoms with E-state index >= 15 is 0 Å². The summed E-state index contributed by atoms with van der Waals surface area (Å²) in [6, 6.07) is -1.23. The van der Waals surface area contributed by atoms with Crippen molar-refractivity contribution in [3.05, 3.63) is 25.3 Å². The normalized spacial score (nSPS) is 30.9. The van der Waals surface area contributed by atoms with Gasteiger partial charge < -0.3 is 19.6 Å². The first kappa shape index (κ1) is 25.8. The fraction of sp³-hybridized carbons (Fsp3) is 0.720. The largest absolute Gasteiger partial charge is 0.465 e. The molecule has 0 aromatic rings. The Morgan fingerprint density at radius 2 is 2.09 bits per heavy atom. The minimum absolute atomic E-state index is 0.0237. The Balaban J connectivity index is 1.98. The van der Waals surface area contributed by atoms with Gasteiger partial charge in [-0.2, -0.15) is 0 Å². The molecule has 0 aliphatic carbocycles. The van der Waals surface area contributed by atoms with Gasteiger partial charge in [0.2, 0.25) is 11.8 Å². The van der Waals surface area contributed by atoms with Gasteiger partial charge in [-0.15, -0.1) is 24.9 Å². The summed E-state index contributed by atoms with van der Waals surface area (Å²) in [7, 11) is 0. The van der Waals surface area contributed by atoms with Gasteiger partial charge in [0.1, 0.15) is 6.04 Å². The molecule has 184 valence electrons. The first-order chi connectivity index (χ1) is 15.8. The van der Waals surface area contributed by atoms with E-state index in [-0.39, 0.29) is 35.7 Å². The van der Waals surface area contributed by atoms with Crippen LogP contribution in [0.2, 0.25) is 0 Å². The molecule has 0 aromatic carbocycles. The summed E-state index contributed by atoms with van der Waals surface area (Å²) in [5, 5.41) is 10.1. The van der Waals surface area contributed by atoms with E-state index in [1.165, 1.54) is 0 Å². The molecule has 0 radical (unpaired) electrons. The molecular weight excluding hydrogens is 440 g/mol. The minimum Gasteiger partial charge on any atom is -0.465 e. The fourth-order valence-corrected chi connectivity index (χ4v) is 7.98. The number of rotatable bonds is 12. The van der Waals surface area contributed by atoms with Crippen LogP contribution in [0.1, 0.15) is 52.9 Å². The van der Waals surface area contributed by atoms with Gasteiger partial charge in [-0.05, 0) is 46.0 Å². The zero-order chi connectivity index (χ0) is 24.3. The molecule has 3 saturated heterocycles. The van der Waals surface area contributed by atoms with E-state index in [0.717, 1.165) is 12.8 Å². The highest BCUT2D eigenvalue weighted by Crippen LogP contribution is 2.67. The predicted molar refractivity (Wildman–Crippen MR) is 130 cm³/mol. The number of allylic oxidation sites excluding steroid dienone is 1. The monoisotopic (exact) mass is 478 g/mol. The minimum atomic E-state index is -0.706. The molecule has 2 amide bonds. The van der Waals surface area contributed by atoms with Crippen LogP contribution in [0, 0.1) is 11.8 Å². The summed E-state index contributed by atoms with van der Waals surface area (Å²) >= 11 is 1.62. The second-order valence-electron chi connectivity index (χ2n) is 9.52. The SMILES string of the molecule is C=CCCCOC(=O)[C@@H]1[C@H]2C(=O)N([C@@H](CC)CO)C(C(=O)N(CC=C)C(C)C)C23CC[C@H]1S3. The van der Waals surface area contributed by atoms with Crippen molar-refractivity contribution >= 4 is 29.5 Å². The number of hydrogen-bond donors (Lipinski definition) is 1. The second kappa shape index (κ2) is 10.6. The summed E-state index contributed by atoms with van der Waals surface area (Å²) < 4.78 is 4.91. The van der Waals surface area contributed by atoms with Crippen molar-refractivity contribution in [2.75, 3.05) is 19.8 Å². The number of nitrogens with zero attached hydrogens (tertiary/aromatic N) is 2. The molecule has 3 heterocycles. The standard InChI is InChI=1S/C25H38N2O5S/c1-6-9-10-14-32-24(31)19-18-11-12-25(33-18)20(19)22(29)27(17(8-3)15-28)21(25)23(30)26(13-7-2)16(4)5/h6-7,16-21,28H,1-2,8-15H2,3-5H3/t17-,18+,19-,20-,21?,25?/m0/s1. The Labute approximate surface area is 201 Å². The molecule has 8 heteroatoms. The number of carbonyl (C=O) groups excluding carboxylic acids is 3. The summed E-state index contributed by atoms with van der Waals surface area (Å²) in [4.78, 5) is 44.3. The number of aliphatic hydroxyl groups is 1. The molecule has 0 aromatic heterocycles. The van der Waals surface area contributed by atoms with Crippen LogP contribution in [0.3, 0.4) is 0 Å². The lowest BCUT2D eigenvalue weighted by Gasteiger charge is -2.40. The molecule has 3 aliphatic rings. The molecular formula is C25H38N2O5S. The Kier molecular flexibility index (Phi) is 8.32. The molecule has 1 N–H and O–H groups in total. The third-order valence-corrected chi connectivity index (χ3v) is 9.30. The lowest BCUT2D eigenvalue weighted by atomic mass is 9.71. The molecule has 2 unspecified atom stereocenters.